The summed E-state index contributed by atoms with van der Waals surface area (Å²) in [5.74, 6) is -0.310. The van der Waals surface area contributed by atoms with Gasteiger partial charge < -0.3 is 10.1 Å². The summed E-state index contributed by atoms with van der Waals surface area (Å²) in [6.07, 6.45) is 2.76. The molecule has 0 bridgehead atoms. The first-order valence-electron chi connectivity index (χ1n) is 11.5. The van der Waals surface area contributed by atoms with Gasteiger partial charge in [-0.3, -0.25) is 14.2 Å². The Morgan fingerprint density at radius 1 is 1.00 bits per heavy atom. The third-order valence-corrected chi connectivity index (χ3v) is 6.22. The predicted molar refractivity (Wildman–Crippen MR) is 131 cm³/mol. The molecule has 1 N–H and O–H groups in total. The van der Waals surface area contributed by atoms with E-state index in [0.717, 1.165) is 42.3 Å². The number of nitrogens with zero attached hydrogens (tertiary/aromatic N) is 2. The zero-order chi connectivity index (χ0) is 23.7. The number of esters is 1. The summed E-state index contributed by atoms with van der Waals surface area (Å²) in [6.45, 7) is 2.20. The Bertz CT molecular complexity index is 1470. The van der Waals surface area contributed by atoms with Gasteiger partial charge in [0.15, 0.2) is 6.10 Å². The average molecular weight is 456 g/mol. The Kier molecular flexibility index (Phi) is 5.84. The summed E-state index contributed by atoms with van der Waals surface area (Å²) in [6, 6.07) is 18.2. The van der Waals surface area contributed by atoms with Gasteiger partial charge in [0.2, 0.25) is 0 Å². The van der Waals surface area contributed by atoms with Crippen LogP contribution in [0.2, 0.25) is 0 Å². The molecule has 7 nitrogen and oxygen atoms in total. The zero-order valence-corrected chi connectivity index (χ0v) is 18.9. The van der Waals surface area contributed by atoms with Crippen LogP contribution in [0, 0.1) is 0 Å². The van der Waals surface area contributed by atoms with Gasteiger partial charge in [-0.25, -0.2) is 9.78 Å². The Balaban J connectivity index is 1.32. The van der Waals surface area contributed by atoms with Gasteiger partial charge in [-0.15, -0.1) is 0 Å². The van der Waals surface area contributed by atoms with Gasteiger partial charge in [0, 0.05) is 18.7 Å². The van der Waals surface area contributed by atoms with Crippen molar-refractivity contribution in [2.45, 2.75) is 45.3 Å². The van der Waals surface area contributed by atoms with E-state index in [2.05, 4.69) is 10.3 Å². The van der Waals surface area contributed by atoms with Crippen molar-refractivity contribution in [1.82, 2.24) is 9.55 Å². The molecule has 1 atom stereocenters. The van der Waals surface area contributed by atoms with E-state index in [1.165, 1.54) is 6.92 Å². The fraction of sp³-hybridized carbons (Fsp3) is 0.259. The summed E-state index contributed by atoms with van der Waals surface area (Å²) in [5, 5.41) is 5.34. The molecule has 7 heteroatoms. The number of fused-ring (bicyclic) bond motifs is 3. The number of hydrogen-bond donors (Lipinski definition) is 1. The predicted octanol–water partition coefficient (Wildman–Crippen LogP) is 4.46. The lowest BCUT2D eigenvalue weighted by Gasteiger charge is -2.14. The highest BCUT2D eigenvalue weighted by Gasteiger charge is 2.21. The molecule has 0 saturated heterocycles. The van der Waals surface area contributed by atoms with Crippen LogP contribution in [0.4, 0.5) is 5.69 Å². The summed E-state index contributed by atoms with van der Waals surface area (Å²) in [7, 11) is 0. The lowest BCUT2D eigenvalue weighted by Crippen LogP contribution is -2.30. The largest absolute Gasteiger partial charge is 0.449 e. The molecule has 0 aliphatic carbocycles. The molecule has 0 fully saturated rings. The zero-order valence-electron chi connectivity index (χ0n) is 18.9. The maximum absolute atomic E-state index is 12.9. The van der Waals surface area contributed by atoms with Crippen molar-refractivity contribution < 1.29 is 14.3 Å². The lowest BCUT2D eigenvalue weighted by atomic mass is 10.1. The number of aryl methyl sites for hydroxylation is 1. The smallest absolute Gasteiger partial charge is 0.338 e. The van der Waals surface area contributed by atoms with E-state index in [4.69, 9.17) is 4.74 Å². The number of aromatic nitrogens is 2. The van der Waals surface area contributed by atoms with E-state index in [1.807, 2.05) is 42.5 Å². The third kappa shape index (κ3) is 4.29. The highest BCUT2D eigenvalue weighted by atomic mass is 16.5. The summed E-state index contributed by atoms with van der Waals surface area (Å²) < 4.78 is 7.15. The highest BCUT2D eigenvalue weighted by Crippen LogP contribution is 2.20. The number of ether oxygens (including phenoxy) is 1. The van der Waals surface area contributed by atoms with Crippen molar-refractivity contribution in [1.29, 1.82) is 0 Å². The number of amides is 1. The van der Waals surface area contributed by atoms with Crippen molar-refractivity contribution in [3.05, 3.63) is 82.4 Å². The second kappa shape index (κ2) is 9.09. The molecule has 4 aromatic rings. The van der Waals surface area contributed by atoms with Crippen LogP contribution in [0.5, 0.6) is 0 Å². The van der Waals surface area contributed by atoms with E-state index in [0.29, 0.717) is 23.1 Å². The van der Waals surface area contributed by atoms with Crippen molar-refractivity contribution in [2.75, 3.05) is 5.32 Å². The molecule has 3 aromatic carbocycles. The first-order chi connectivity index (χ1) is 16.5. The van der Waals surface area contributed by atoms with Gasteiger partial charge in [-0.1, -0.05) is 36.8 Å². The monoisotopic (exact) mass is 455 g/mol. The number of rotatable bonds is 4. The molecular weight excluding hydrogens is 430 g/mol. The van der Waals surface area contributed by atoms with Crippen LogP contribution in [0.3, 0.4) is 0 Å². The van der Waals surface area contributed by atoms with Crippen LogP contribution in [0.15, 0.2) is 65.5 Å². The number of nitrogens with one attached hydrogen (secondary N) is 1. The fourth-order valence-electron chi connectivity index (χ4n) is 4.34. The summed E-state index contributed by atoms with van der Waals surface area (Å²) in [5.41, 5.74) is 1.27. The molecule has 2 heterocycles. The number of carbonyl (C=O) groups is 2. The van der Waals surface area contributed by atoms with Crippen LogP contribution < -0.4 is 10.9 Å². The van der Waals surface area contributed by atoms with Crippen molar-refractivity contribution in [3.63, 3.8) is 0 Å². The maximum atomic E-state index is 12.9. The first kappa shape index (κ1) is 21.8. The molecular formula is C27H25N3O4. The molecule has 34 heavy (non-hydrogen) atoms. The summed E-state index contributed by atoms with van der Waals surface area (Å²) >= 11 is 0. The van der Waals surface area contributed by atoms with Crippen LogP contribution in [0.25, 0.3) is 21.7 Å². The minimum atomic E-state index is -1.000. The molecule has 1 aromatic heterocycles. The van der Waals surface area contributed by atoms with Crippen LogP contribution in [-0.4, -0.2) is 27.5 Å². The normalized spacial score (nSPS) is 14.3. The van der Waals surface area contributed by atoms with Gasteiger partial charge in [0.1, 0.15) is 5.82 Å². The second-order valence-corrected chi connectivity index (χ2v) is 8.63. The SMILES string of the molecule is C[C@H](OC(=O)c1ccc2c(=O)n3c(nc2c1)CCCCC3)C(=O)Nc1ccc2ccccc2c1. The minimum Gasteiger partial charge on any atom is -0.449 e. The van der Waals surface area contributed by atoms with E-state index in [-0.39, 0.29) is 11.1 Å². The first-order valence-corrected chi connectivity index (χ1v) is 11.5. The van der Waals surface area contributed by atoms with Crippen molar-refractivity contribution in [3.8, 4) is 0 Å². The number of carbonyl (C=O) groups excluding carboxylic acids is 2. The maximum Gasteiger partial charge on any atom is 0.338 e. The average Bonchev–Trinajstić information content (AvgIpc) is 3.09. The number of benzene rings is 3. The quantitative estimate of drug-likeness (QED) is 0.459. The minimum absolute atomic E-state index is 0.0788. The molecule has 172 valence electrons. The Morgan fingerprint density at radius 3 is 2.68 bits per heavy atom. The molecule has 1 aliphatic rings. The molecule has 1 aliphatic heterocycles. The van der Waals surface area contributed by atoms with Gasteiger partial charge in [0.05, 0.1) is 16.5 Å². The Labute approximate surface area is 196 Å². The van der Waals surface area contributed by atoms with Gasteiger partial charge in [0.25, 0.3) is 11.5 Å². The van der Waals surface area contributed by atoms with E-state index in [9.17, 15) is 14.4 Å². The van der Waals surface area contributed by atoms with Crippen LogP contribution >= 0.6 is 0 Å². The van der Waals surface area contributed by atoms with Gasteiger partial charge in [-0.05, 0) is 60.9 Å². The van der Waals surface area contributed by atoms with Gasteiger partial charge in [-0.2, -0.15) is 0 Å². The second-order valence-electron chi connectivity index (χ2n) is 8.63. The fourth-order valence-corrected chi connectivity index (χ4v) is 4.34. The Hall–Kier alpha value is -4.00. The highest BCUT2D eigenvalue weighted by molar-refractivity contribution is 5.99. The standard InChI is InChI=1S/C27H25N3O4/c1-17(25(31)28-21-12-10-18-7-4-5-8-19(18)15-21)34-27(33)20-11-13-22-23(16-20)29-24-9-3-2-6-14-30(24)26(22)32/h4-5,7-8,10-13,15-17H,2-3,6,9,14H2,1H3,(H,28,31)/t17-/m0/s1. The van der Waals surface area contributed by atoms with E-state index in [1.54, 1.807) is 22.8 Å². The molecule has 0 unspecified atom stereocenters. The molecule has 5 rings (SSSR count). The van der Waals surface area contributed by atoms with E-state index < -0.39 is 18.0 Å². The third-order valence-electron chi connectivity index (χ3n) is 6.22. The number of hydrogen-bond acceptors (Lipinski definition) is 5. The topological polar surface area (TPSA) is 90.3 Å². The molecule has 0 spiro atoms. The molecule has 0 radical (unpaired) electrons. The van der Waals surface area contributed by atoms with Crippen LogP contribution in [0.1, 0.15) is 42.4 Å². The molecule has 0 saturated carbocycles. The molecule has 1 amide bonds. The summed E-state index contributed by atoms with van der Waals surface area (Å²) in [4.78, 5) is 42.9. The van der Waals surface area contributed by atoms with Crippen molar-refractivity contribution >= 4 is 39.2 Å². The van der Waals surface area contributed by atoms with Crippen molar-refractivity contribution in [2.24, 2.45) is 0 Å². The van der Waals surface area contributed by atoms with Gasteiger partial charge >= 0.3 is 5.97 Å². The number of anilines is 1. The van der Waals surface area contributed by atoms with Crippen LogP contribution in [-0.2, 0) is 22.5 Å². The van der Waals surface area contributed by atoms with E-state index >= 15 is 0 Å². The Morgan fingerprint density at radius 2 is 1.82 bits per heavy atom. The lowest BCUT2D eigenvalue weighted by molar-refractivity contribution is -0.123.